The summed E-state index contributed by atoms with van der Waals surface area (Å²) in [7, 11) is 1.83. The number of halogens is 3. The molecule has 53 heavy (non-hydrogen) atoms. The second kappa shape index (κ2) is 17.2. The molecule has 2 aromatic carbocycles. The summed E-state index contributed by atoms with van der Waals surface area (Å²) >= 11 is 0. The Kier molecular flexibility index (Phi) is 12.8. The molecule has 0 aliphatic carbocycles. The number of alkyl halides is 3. The topological polar surface area (TPSA) is 127 Å². The van der Waals surface area contributed by atoms with Gasteiger partial charge in [0.2, 0.25) is 17.7 Å². The van der Waals surface area contributed by atoms with E-state index in [1.165, 1.54) is 9.80 Å². The van der Waals surface area contributed by atoms with Crippen molar-refractivity contribution in [3.63, 3.8) is 0 Å². The lowest BCUT2D eigenvalue weighted by molar-refractivity contribution is -0.203. The van der Waals surface area contributed by atoms with Crippen LogP contribution in [0.1, 0.15) is 55.4 Å². The van der Waals surface area contributed by atoms with E-state index in [0.717, 1.165) is 22.3 Å². The van der Waals surface area contributed by atoms with Gasteiger partial charge in [-0.3, -0.25) is 14.4 Å². The van der Waals surface area contributed by atoms with E-state index in [4.69, 9.17) is 0 Å². The molecule has 1 aromatic heterocycles. The number of carbonyl (C=O) groups excluding carboxylic acids is 4. The molecule has 0 unspecified atom stereocenters. The molecule has 2 fully saturated rings. The van der Waals surface area contributed by atoms with Crippen LogP contribution in [0.2, 0.25) is 0 Å². The van der Waals surface area contributed by atoms with Gasteiger partial charge in [-0.2, -0.15) is 13.2 Å². The van der Waals surface area contributed by atoms with Crippen LogP contribution >= 0.6 is 0 Å². The Morgan fingerprint density at radius 1 is 0.868 bits per heavy atom. The molecule has 3 heterocycles. The van der Waals surface area contributed by atoms with E-state index in [0.29, 0.717) is 43.7 Å². The molecule has 2 saturated heterocycles. The number of aromatic nitrogens is 1. The monoisotopic (exact) mass is 735 g/mol. The molecule has 284 valence electrons. The third-order valence-electron chi connectivity index (χ3n) is 10.4. The van der Waals surface area contributed by atoms with Crippen molar-refractivity contribution in [2.75, 3.05) is 50.4 Å². The molecule has 0 spiro atoms. The zero-order valence-electron chi connectivity index (χ0n) is 30.5. The number of aryl methyl sites for hydroxylation is 1. The molecule has 2 aliphatic rings. The summed E-state index contributed by atoms with van der Waals surface area (Å²) in [5.41, 5.74) is 3.20. The fourth-order valence-corrected chi connectivity index (χ4v) is 7.09. The van der Waals surface area contributed by atoms with E-state index in [2.05, 4.69) is 20.9 Å². The summed E-state index contributed by atoms with van der Waals surface area (Å²) in [5, 5.41) is 8.88. The molecule has 3 N–H and O–H groups in total. The summed E-state index contributed by atoms with van der Waals surface area (Å²) < 4.78 is 39.1. The van der Waals surface area contributed by atoms with Crippen LogP contribution in [0.3, 0.4) is 0 Å². The molecule has 0 bridgehead atoms. The van der Waals surface area contributed by atoms with Crippen molar-refractivity contribution in [1.29, 1.82) is 0 Å². The number of rotatable bonds is 13. The minimum Gasteiger partial charge on any atom is -0.329 e. The molecular weight excluding hydrogens is 687 g/mol. The second-order valence-electron chi connectivity index (χ2n) is 13.8. The molecule has 3 aromatic rings. The van der Waals surface area contributed by atoms with Crippen molar-refractivity contribution in [2.45, 2.75) is 65.2 Å². The highest BCUT2D eigenvalue weighted by Gasteiger charge is 2.50. The maximum Gasteiger partial charge on any atom is 0.395 e. The smallest absolute Gasteiger partial charge is 0.329 e. The van der Waals surface area contributed by atoms with Gasteiger partial charge in [-0.1, -0.05) is 50.2 Å². The fraction of sp³-hybridized carbons (Fsp3) is 0.462. The van der Waals surface area contributed by atoms with Gasteiger partial charge in [0.15, 0.2) is 0 Å². The number of urea groups is 1. The standard InChI is InChI=1S/C39H48F3N7O4/c1-4-27-13-14-32(20-30(27)21-34(50)46-33-12-8-9-17-44-33)45-35(51)26-48(23-29-11-7-6-10-28(29)22-43-3)36(52)38(5-2)15-18-47(19-16-38)37(53)49-24-31(25-49)39(40,41)42/h6-14,17,20,31,43H,4-5,15-16,18-19,21-26H2,1-3H3,(H,45,51)(H,44,46,50). The lowest BCUT2D eigenvalue weighted by Crippen LogP contribution is -2.60. The van der Waals surface area contributed by atoms with Gasteiger partial charge in [0.25, 0.3) is 0 Å². The first-order valence-corrected chi connectivity index (χ1v) is 18.1. The van der Waals surface area contributed by atoms with E-state index in [-0.39, 0.29) is 57.5 Å². The van der Waals surface area contributed by atoms with Crippen LogP contribution < -0.4 is 16.0 Å². The molecule has 11 nitrogen and oxygen atoms in total. The van der Waals surface area contributed by atoms with E-state index in [1.807, 2.05) is 51.2 Å². The summed E-state index contributed by atoms with van der Waals surface area (Å²) in [6.45, 7) is 4.13. The Labute approximate surface area is 308 Å². The first-order chi connectivity index (χ1) is 25.3. The number of benzene rings is 2. The van der Waals surface area contributed by atoms with Gasteiger partial charge >= 0.3 is 12.2 Å². The van der Waals surface area contributed by atoms with Crippen LogP contribution in [0, 0.1) is 11.3 Å². The van der Waals surface area contributed by atoms with E-state index < -0.39 is 29.4 Å². The number of hydrogen-bond donors (Lipinski definition) is 3. The average molecular weight is 736 g/mol. The predicted molar refractivity (Wildman–Crippen MR) is 196 cm³/mol. The van der Waals surface area contributed by atoms with Gasteiger partial charge in [-0.05, 0) is 79.3 Å². The molecule has 5 rings (SSSR count). The minimum absolute atomic E-state index is 0.0789. The molecule has 0 radical (unpaired) electrons. The Bertz CT molecular complexity index is 1760. The van der Waals surface area contributed by atoms with Crippen LogP contribution in [-0.2, 0) is 40.3 Å². The molecule has 0 atom stereocenters. The van der Waals surface area contributed by atoms with Crippen LogP contribution in [0.15, 0.2) is 66.9 Å². The zero-order valence-corrected chi connectivity index (χ0v) is 30.5. The van der Waals surface area contributed by atoms with Gasteiger partial charge in [0.1, 0.15) is 12.4 Å². The highest BCUT2D eigenvalue weighted by Crippen LogP contribution is 2.39. The van der Waals surface area contributed by atoms with Gasteiger partial charge < -0.3 is 30.7 Å². The van der Waals surface area contributed by atoms with E-state index in [9.17, 15) is 32.3 Å². The lowest BCUT2D eigenvalue weighted by atomic mass is 9.74. The normalized spacial score (nSPS) is 15.7. The van der Waals surface area contributed by atoms with Gasteiger partial charge in [-0.15, -0.1) is 0 Å². The number of nitrogens with zero attached hydrogens (tertiary/aromatic N) is 4. The Hall–Kier alpha value is -4.98. The number of hydrogen-bond acceptors (Lipinski definition) is 6. The van der Waals surface area contributed by atoms with Gasteiger partial charge in [0.05, 0.1) is 17.8 Å². The van der Waals surface area contributed by atoms with Gasteiger partial charge in [-0.25, -0.2) is 9.78 Å². The van der Waals surface area contributed by atoms with Crippen molar-refractivity contribution in [2.24, 2.45) is 11.3 Å². The number of anilines is 2. The lowest BCUT2D eigenvalue weighted by Gasteiger charge is -2.46. The predicted octanol–water partition coefficient (Wildman–Crippen LogP) is 5.62. The summed E-state index contributed by atoms with van der Waals surface area (Å²) in [6, 6.07) is 17.9. The fourth-order valence-electron chi connectivity index (χ4n) is 7.09. The summed E-state index contributed by atoms with van der Waals surface area (Å²) in [4.78, 5) is 62.7. The molecule has 2 aliphatic heterocycles. The maximum atomic E-state index is 14.6. The molecule has 5 amide bonds. The van der Waals surface area contributed by atoms with Crippen LogP contribution in [0.5, 0.6) is 0 Å². The Morgan fingerprint density at radius 2 is 1.57 bits per heavy atom. The minimum atomic E-state index is -4.33. The number of piperidine rings is 1. The Balaban J connectivity index is 1.30. The first kappa shape index (κ1) is 39.2. The number of pyridine rings is 1. The molecule has 14 heteroatoms. The highest BCUT2D eigenvalue weighted by molar-refractivity contribution is 5.96. The second-order valence-corrected chi connectivity index (χ2v) is 13.8. The quantitative estimate of drug-likeness (QED) is 0.209. The number of carbonyl (C=O) groups is 4. The Morgan fingerprint density at radius 3 is 2.19 bits per heavy atom. The zero-order chi connectivity index (χ0) is 38.2. The summed E-state index contributed by atoms with van der Waals surface area (Å²) in [5.74, 6) is -1.93. The van der Waals surface area contributed by atoms with Crippen molar-refractivity contribution in [3.8, 4) is 0 Å². The number of nitrogens with one attached hydrogen (secondary N) is 3. The molecular formula is C39H48F3N7O4. The van der Waals surface area contributed by atoms with Crippen LogP contribution in [-0.4, -0.2) is 89.4 Å². The third-order valence-corrected chi connectivity index (χ3v) is 10.4. The van der Waals surface area contributed by atoms with Crippen molar-refractivity contribution in [3.05, 3.63) is 89.1 Å². The van der Waals surface area contributed by atoms with Crippen LogP contribution in [0.25, 0.3) is 0 Å². The van der Waals surface area contributed by atoms with E-state index >= 15 is 0 Å². The molecule has 0 saturated carbocycles. The van der Waals surface area contributed by atoms with Crippen molar-refractivity contribution in [1.82, 2.24) is 25.0 Å². The average Bonchev–Trinajstić information content (AvgIpc) is 3.11. The largest absolute Gasteiger partial charge is 0.395 e. The highest BCUT2D eigenvalue weighted by atomic mass is 19.4. The van der Waals surface area contributed by atoms with Crippen molar-refractivity contribution < 1.29 is 32.3 Å². The van der Waals surface area contributed by atoms with Gasteiger partial charge in [0, 0.05) is 51.2 Å². The third kappa shape index (κ3) is 9.72. The van der Waals surface area contributed by atoms with Crippen LogP contribution in [0.4, 0.5) is 29.5 Å². The maximum absolute atomic E-state index is 14.6. The first-order valence-electron chi connectivity index (χ1n) is 18.1. The van der Waals surface area contributed by atoms with E-state index in [1.54, 1.807) is 41.4 Å². The van der Waals surface area contributed by atoms with Crippen molar-refractivity contribution >= 4 is 35.3 Å². The summed E-state index contributed by atoms with van der Waals surface area (Å²) in [6.07, 6.45) is -0.866. The number of likely N-dealkylation sites (tertiary alicyclic amines) is 2. The number of amides is 5. The SMILES string of the molecule is CCc1ccc(NC(=O)CN(Cc2ccccc2CNC)C(=O)C2(CC)CCN(C(=O)N3CC(C(F)(F)F)C3)CC2)cc1CC(=O)Nc1ccccn1.